The number of rotatable bonds is 4. The van der Waals surface area contributed by atoms with Gasteiger partial charge in [0.15, 0.2) is 0 Å². The van der Waals surface area contributed by atoms with Gasteiger partial charge in [-0.15, -0.1) is 0 Å². The van der Waals surface area contributed by atoms with Crippen molar-refractivity contribution in [2.75, 3.05) is 26.8 Å². The molecule has 0 bridgehead atoms. The van der Waals surface area contributed by atoms with Gasteiger partial charge < -0.3 is 9.84 Å². The summed E-state index contributed by atoms with van der Waals surface area (Å²) in [6.45, 7) is 3.86. The quantitative estimate of drug-likeness (QED) is 0.662. The van der Waals surface area contributed by atoms with E-state index in [0.717, 1.165) is 25.9 Å². The first-order valence-electron chi connectivity index (χ1n) is 5.11. The van der Waals surface area contributed by atoms with Crippen molar-refractivity contribution in [2.24, 2.45) is 5.92 Å². The smallest absolute Gasteiger partial charge is 0.323 e. The maximum atomic E-state index is 11.4. The Kier molecular flexibility index (Phi) is 4.35. The topological polar surface area (TPSA) is 49.8 Å². The average Bonchev–Trinajstić information content (AvgIpc) is 2.64. The standard InChI is InChI=1S/C10H19NO3/c1-8(7-12)6-11-5-3-4-9(11)10(13)14-2/h8-9,12H,3-7H2,1-2H3. The molecule has 0 aromatic heterocycles. The van der Waals surface area contributed by atoms with E-state index < -0.39 is 0 Å². The predicted octanol–water partition coefficient (Wildman–Crippen LogP) is 0.252. The van der Waals surface area contributed by atoms with Gasteiger partial charge in [0, 0.05) is 13.2 Å². The molecule has 1 N–H and O–H groups in total. The number of aliphatic hydroxyl groups excluding tert-OH is 1. The summed E-state index contributed by atoms with van der Waals surface area (Å²) in [6.07, 6.45) is 1.92. The zero-order chi connectivity index (χ0) is 10.6. The van der Waals surface area contributed by atoms with Crippen LogP contribution in [-0.2, 0) is 9.53 Å². The molecular formula is C10H19NO3. The lowest BCUT2D eigenvalue weighted by Gasteiger charge is -2.24. The number of hydrogen-bond acceptors (Lipinski definition) is 4. The van der Waals surface area contributed by atoms with Crippen molar-refractivity contribution in [1.29, 1.82) is 0 Å². The molecule has 0 spiro atoms. The van der Waals surface area contributed by atoms with Crippen LogP contribution in [0.5, 0.6) is 0 Å². The fraction of sp³-hybridized carbons (Fsp3) is 0.900. The molecule has 1 aliphatic heterocycles. The highest BCUT2D eigenvalue weighted by Gasteiger charge is 2.31. The van der Waals surface area contributed by atoms with Gasteiger partial charge in [-0.1, -0.05) is 6.92 Å². The van der Waals surface area contributed by atoms with E-state index in [-0.39, 0.29) is 24.5 Å². The molecule has 0 aromatic rings. The molecule has 82 valence electrons. The Morgan fingerprint density at radius 1 is 1.71 bits per heavy atom. The number of esters is 1. The second-order valence-electron chi connectivity index (χ2n) is 3.96. The van der Waals surface area contributed by atoms with Crippen LogP contribution in [0.4, 0.5) is 0 Å². The van der Waals surface area contributed by atoms with Crippen molar-refractivity contribution in [1.82, 2.24) is 4.90 Å². The van der Waals surface area contributed by atoms with E-state index in [1.165, 1.54) is 7.11 Å². The zero-order valence-corrected chi connectivity index (χ0v) is 8.90. The van der Waals surface area contributed by atoms with Gasteiger partial charge in [0.25, 0.3) is 0 Å². The number of hydrogen-bond donors (Lipinski definition) is 1. The minimum Gasteiger partial charge on any atom is -0.468 e. The van der Waals surface area contributed by atoms with Crippen LogP contribution in [0.25, 0.3) is 0 Å². The van der Waals surface area contributed by atoms with Crippen LogP contribution in [0.1, 0.15) is 19.8 Å². The molecule has 1 heterocycles. The van der Waals surface area contributed by atoms with Crippen LogP contribution in [0, 0.1) is 5.92 Å². The minimum atomic E-state index is -0.146. The molecule has 4 heteroatoms. The van der Waals surface area contributed by atoms with Gasteiger partial charge in [-0.2, -0.15) is 0 Å². The Hall–Kier alpha value is -0.610. The molecule has 0 saturated carbocycles. The summed E-state index contributed by atoms with van der Waals surface area (Å²) < 4.78 is 4.74. The van der Waals surface area contributed by atoms with Gasteiger partial charge in [0.05, 0.1) is 7.11 Å². The molecule has 1 aliphatic rings. The van der Waals surface area contributed by atoms with Crippen molar-refractivity contribution < 1.29 is 14.6 Å². The third-order valence-electron chi connectivity index (χ3n) is 2.69. The molecule has 0 aliphatic carbocycles. The Balaban J connectivity index is 2.46. The number of carbonyl (C=O) groups is 1. The number of nitrogens with zero attached hydrogens (tertiary/aromatic N) is 1. The fourth-order valence-corrected chi connectivity index (χ4v) is 1.91. The Labute approximate surface area is 84.8 Å². The molecule has 1 saturated heterocycles. The number of carbonyl (C=O) groups excluding carboxylic acids is 1. The summed E-state index contributed by atoms with van der Waals surface area (Å²) in [5.41, 5.74) is 0. The predicted molar refractivity (Wildman–Crippen MR) is 52.9 cm³/mol. The molecule has 0 aromatic carbocycles. The van der Waals surface area contributed by atoms with Gasteiger partial charge in [0.2, 0.25) is 0 Å². The third kappa shape index (κ3) is 2.69. The maximum Gasteiger partial charge on any atom is 0.323 e. The number of methoxy groups -OCH3 is 1. The second-order valence-corrected chi connectivity index (χ2v) is 3.96. The van der Waals surface area contributed by atoms with E-state index >= 15 is 0 Å². The van der Waals surface area contributed by atoms with Gasteiger partial charge in [-0.25, -0.2) is 0 Å². The summed E-state index contributed by atoms with van der Waals surface area (Å²) in [7, 11) is 1.42. The molecule has 1 rings (SSSR count). The van der Waals surface area contributed by atoms with Gasteiger partial charge >= 0.3 is 5.97 Å². The zero-order valence-electron chi connectivity index (χ0n) is 8.90. The van der Waals surface area contributed by atoms with E-state index in [9.17, 15) is 4.79 Å². The van der Waals surface area contributed by atoms with Gasteiger partial charge in [0.1, 0.15) is 6.04 Å². The third-order valence-corrected chi connectivity index (χ3v) is 2.69. The first-order chi connectivity index (χ1) is 6.69. The highest BCUT2D eigenvalue weighted by Crippen LogP contribution is 2.19. The van der Waals surface area contributed by atoms with Crippen molar-refractivity contribution in [3.8, 4) is 0 Å². The van der Waals surface area contributed by atoms with Crippen molar-refractivity contribution in [3.05, 3.63) is 0 Å². The van der Waals surface area contributed by atoms with E-state index in [1.54, 1.807) is 0 Å². The SMILES string of the molecule is COC(=O)C1CCCN1CC(C)CO. The van der Waals surface area contributed by atoms with Crippen molar-refractivity contribution >= 4 is 5.97 Å². The first kappa shape index (κ1) is 11.5. The number of aliphatic hydroxyl groups is 1. The van der Waals surface area contributed by atoms with Crippen LogP contribution in [0.3, 0.4) is 0 Å². The van der Waals surface area contributed by atoms with Crippen LogP contribution in [0.15, 0.2) is 0 Å². The summed E-state index contributed by atoms with van der Waals surface area (Å²) in [5.74, 6) is 0.0768. The van der Waals surface area contributed by atoms with Crippen LogP contribution in [-0.4, -0.2) is 48.8 Å². The summed E-state index contributed by atoms with van der Waals surface area (Å²) in [5, 5.41) is 8.93. The lowest BCUT2D eigenvalue weighted by atomic mass is 10.1. The molecule has 0 radical (unpaired) electrons. The molecule has 4 nitrogen and oxygen atoms in total. The van der Waals surface area contributed by atoms with E-state index in [1.807, 2.05) is 6.92 Å². The maximum absolute atomic E-state index is 11.4. The van der Waals surface area contributed by atoms with Crippen LogP contribution in [0.2, 0.25) is 0 Å². The van der Waals surface area contributed by atoms with Crippen molar-refractivity contribution in [3.63, 3.8) is 0 Å². The van der Waals surface area contributed by atoms with E-state index in [4.69, 9.17) is 9.84 Å². The highest BCUT2D eigenvalue weighted by molar-refractivity contribution is 5.75. The highest BCUT2D eigenvalue weighted by atomic mass is 16.5. The van der Waals surface area contributed by atoms with E-state index in [0.29, 0.717) is 0 Å². The number of likely N-dealkylation sites (tertiary alicyclic amines) is 1. The number of ether oxygens (including phenoxy) is 1. The van der Waals surface area contributed by atoms with Gasteiger partial charge in [-0.3, -0.25) is 9.69 Å². The Morgan fingerprint density at radius 3 is 3.00 bits per heavy atom. The summed E-state index contributed by atoms with van der Waals surface area (Å²) in [6, 6.07) is -0.0889. The summed E-state index contributed by atoms with van der Waals surface area (Å²) >= 11 is 0. The van der Waals surface area contributed by atoms with Crippen molar-refractivity contribution in [2.45, 2.75) is 25.8 Å². The van der Waals surface area contributed by atoms with Crippen LogP contribution >= 0.6 is 0 Å². The molecular weight excluding hydrogens is 182 g/mol. The average molecular weight is 201 g/mol. The monoisotopic (exact) mass is 201 g/mol. The Morgan fingerprint density at radius 2 is 2.43 bits per heavy atom. The van der Waals surface area contributed by atoms with Crippen LogP contribution < -0.4 is 0 Å². The fourth-order valence-electron chi connectivity index (χ4n) is 1.91. The lowest BCUT2D eigenvalue weighted by Crippen LogP contribution is -2.39. The molecule has 2 unspecified atom stereocenters. The normalized spacial score (nSPS) is 24.9. The molecule has 2 atom stereocenters. The molecule has 1 fully saturated rings. The minimum absolute atomic E-state index is 0.0889. The first-order valence-corrected chi connectivity index (χ1v) is 5.11. The molecule has 14 heavy (non-hydrogen) atoms. The molecule has 0 amide bonds. The Bertz CT molecular complexity index is 196. The second kappa shape index (κ2) is 5.32. The van der Waals surface area contributed by atoms with Gasteiger partial charge in [-0.05, 0) is 25.3 Å². The largest absolute Gasteiger partial charge is 0.468 e. The lowest BCUT2D eigenvalue weighted by molar-refractivity contribution is -0.146. The van der Waals surface area contributed by atoms with E-state index in [2.05, 4.69) is 4.90 Å². The summed E-state index contributed by atoms with van der Waals surface area (Å²) in [4.78, 5) is 13.5.